The van der Waals surface area contributed by atoms with E-state index in [0.29, 0.717) is 11.5 Å². The summed E-state index contributed by atoms with van der Waals surface area (Å²) in [5.41, 5.74) is 10.2. The lowest BCUT2D eigenvalue weighted by molar-refractivity contribution is 0.00233. The van der Waals surface area contributed by atoms with Gasteiger partial charge in [0, 0.05) is 5.56 Å². The fourth-order valence-electron chi connectivity index (χ4n) is 2.94. The van der Waals surface area contributed by atoms with E-state index in [1.807, 2.05) is 6.07 Å². The molecule has 0 amide bonds. The number of hydrogen-bond donors (Lipinski definition) is 0. The molecule has 0 saturated heterocycles. The second-order valence-electron chi connectivity index (χ2n) is 5.25. The lowest BCUT2D eigenvalue weighted by Gasteiger charge is -2.18. The van der Waals surface area contributed by atoms with Crippen molar-refractivity contribution in [2.45, 2.75) is 44.4 Å². The summed E-state index contributed by atoms with van der Waals surface area (Å²) in [7, 11) is 1.63. The Morgan fingerprint density at radius 2 is 2.00 bits per heavy atom. The monoisotopic (exact) mass is 272 g/mol. The van der Waals surface area contributed by atoms with Crippen molar-refractivity contribution in [2.24, 2.45) is 0 Å². The van der Waals surface area contributed by atoms with Crippen LogP contribution in [0.15, 0.2) is 18.2 Å². The number of benzene rings is 1. The summed E-state index contributed by atoms with van der Waals surface area (Å²) in [6.07, 6.45) is 8.09. The molecule has 4 nitrogen and oxygen atoms in total. The van der Waals surface area contributed by atoms with Gasteiger partial charge >= 0.3 is 6.21 Å². The molecular formula is C16H20N2O2. The quantitative estimate of drug-likeness (QED) is 0.276. The number of ether oxygens (including phenoxy) is 1. The van der Waals surface area contributed by atoms with E-state index < -0.39 is 0 Å². The Kier molecular flexibility index (Phi) is 5.08. The van der Waals surface area contributed by atoms with Gasteiger partial charge in [-0.3, -0.25) is 4.79 Å². The van der Waals surface area contributed by atoms with E-state index in [1.54, 1.807) is 19.2 Å². The first kappa shape index (κ1) is 14.5. The molecule has 0 heterocycles. The maximum absolute atomic E-state index is 12.0. The molecule has 1 fully saturated rings. The van der Waals surface area contributed by atoms with Gasteiger partial charge in [-0.1, -0.05) is 25.7 Å². The first-order chi connectivity index (χ1) is 9.76. The summed E-state index contributed by atoms with van der Waals surface area (Å²) < 4.78 is 5.28. The van der Waals surface area contributed by atoms with Gasteiger partial charge in [0.15, 0.2) is 0 Å². The van der Waals surface area contributed by atoms with Gasteiger partial charge in [0.2, 0.25) is 0 Å². The van der Waals surface area contributed by atoms with E-state index in [0.717, 1.165) is 30.4 Å². The van der Waals surface area contributed by atoms with Gasteiger partial charge in [-0.2, -0.15) is 4.79 Å². The van der Waals surface area contributed by atoms with Crippen molar-refractivity contribution in [1.29, 1.82) is 0 Å². The van der Waals surface area contributed by atoms with Crippen LogP contribution in [0.4, 0.5) is 0 Å². The number of hydrogen-bond acceptors (Lipinski definition) is 2. The summed E-state index contributed by atoms with van der Waals surface area (Å²) in [5.74, 6) is 0.898. The zero-order chi connectivity index (χ0) is 14.4. The molecule has 106 valence electrons. The van der Waals surface area contributed by atoms with Gasteiger partial charge in [-0.15, -0.1) is 0 Å². The van der Waals surface area contributed by atoms with E-state index in [2.05, 4.69) is 4.79 Å². The van der Waals surface area contributed by atoms with Gasteiger partial charge in [0.1, 0.15) is 5.75 Å². The van der Waals surface area contributed by atoms with Crippen LogP contribution in [0, 0.1) is 0 Å². The molecular weight excluding hydrogens is 252 g/mol. The molecule has 0 aliphatic heterocycles. The van der Waals surface area contributed by atoms with E-state index in [4.69, 9.17) is 10.3 Å². The van der Waals surface area contributed by atoms with Gasteiger partial charge in [-0.05, 0) is 42.5 Å². The van der Waals surface area contributed by atoms with Crippen LogP contribution in [0.25, 0.3) is 5.53 Å². The smallest absolute Gasteiger partial charge is 0.328 e. The summed E-state index contributed by atoms with van der Waals surface area (Å²) in [4.78, 5) is 14.9. The predicted octanol–water partition coefficient (Wildman–Crippen LogP) is 3.62. The maximum Gasteiger partial charge on any atom is 0.328 e. The largest absolute Gasteiger partial charge is 0.497 e. The zero-order valence-corrected chi connectivity index (χ0v) is 11.8. The molecule has 0 atom stereocenters. The third-order valence-electron chi connectivity index (χ3n) is 3.99. The van der Waals surface area contributed by atoms with Crippen LogP contribution in [0.2, 0.25) is 0 Å². The average Bonchev–Trinajstić information content (AvgIpc) is 2.76. The standard InChI is InChI=1S/C16H20N2O2/c1-20-13-8-9-14(16(19)11-18-17)15(10-13)12-6-4-2-3-5-7-12/h8-12H,2-7H2,1H3. The number of Topliss-reactive ketones (excluding diaryl/α,β-unsaturated/α-hetero) is 1. The van der Waals surface area contributed by atoms with Crippen LogP contribution in [0.1, 0.15) is 60.4 Å². The third-order valence-corrected chi connectivity index (χ3v) is 3.99. The van der Waals surface area contributed by atoms with Gasteiger partial charge in [0.25, 0.3) is 5.78 Å². The average molecular weight is 272 g/mol. The summed E-state index contributed by atoms with van der Waals surface area (Å²) in [6, 6.07) is 5.50. The molecule has 4 heteroatoms. The molecule has 1 aromatic carbocycles. The topological polar surface area (TPSA) is 62.7 Å². The molecule has 1 aliphatic carbocycles. The molecule has 0 unspecified atom stereocenters. The molecule has 0 aromatic heterocycles. The maximum atomic E-state index is 12.0. The van der Waals surface area contributed by atoms with Gasteiger partial charge in [0.05, 0.1) is 7.11 Å². The fraction of sp³-hybridized carbons (Fsp3) is 0.500. The zero-order valence-electron chi connectivity index (χ0n) is 11.8. The van der Waals surface area contributed by atoms with Crippen LogP contribution in [-0.2, 0) is 0 Å². The molecule has 20 heavy (non-hydrogen) atoms. The van der Waals surface area contributed by atoms with Crippen LogP contribution >= 0.6 is 0 Å². The predicted molar refractivity (Wildman–Crippen MR) is 77.5 cm³/mol. The molecule has 1 aliphatic rings. The van der Waals surface area contributed by atoms with Gasteiger partial charge < -0.3 is 10.3 Å². The van der Waals surface area contributed by atoms with Crippen LogP contribution in [-0.4, -0.2) is 23.9 Å². The van der Waals surface area contributed by atoms with Crippen molar-refractivity contribution >= 4 is 12.0 Å². The van der Waals surface area contributed by atoms with Crippen molar-refractivity contribution in [3.05, 3.63) is 34.9 Å². The highest BCUT2D eigenvalue weighted by molar-refractivity contribution is 6.34. The number of methoxy groups -OCH3 is 1. The Morgan fingerprint density at radius 1 is 1.30 bits per heavy atom. The van der Waals surface area contributed by atoms with Crippen LogP contribution < -0.4 is 4.74 Å². The lowest BCUT2D eigenvalue weighted by atomic mass is 9.87. The van der Waals surface area contributed by atoms with Gasteiger partial charge in [-0.25, -0.2) is 0 Å². The number of ketones is 1. The number of nitrogens with zero attached hydrogens (tertiary/aromatic N) is 2. The lowest BCUT2D eigenvalue weighted by Crippen LogP contribution is -2.09. The van der Waals surface area contributed by atoms with E-state index in [1.165, 1.54) is 25.7 Å². The summed E-state index contributed by atoms with van der Waals surface area (Å²) in [5, 5.41) is 0. The molecule has 0 bridgehead atoms. The number of carbonyl (C=O) groups is 1. The van der Waals surface area contributed by atoms with E-state index in [-0.39, 0.29) is 5.78 Å². The highest BCUT2D eigenvalue weighted by Gasteiger charge is 2.22. The summed E-state index contributed by atoms with van der Waals surface area (Å²) in [6.45, 7) is 0. The highest BCUT2D eigenvalue weighted by Crippen LogP contribution is 2.35. The minimum Gasteiger partial charge on any atom is -0.497 e. The van der Waals surface area contributed by atoms with Crippen molar-refractivity contribution < 1.29 is 14.3 Å². The SMILES string of the molecule is COc1ccc(C(=O)C=[N+]=[N-])c(C2CCCCCC2)c1. The summed E-state index contributed by atoms with van der Waals surface area (Å²) >= 11 is 0. The van der Waals surface area contributed by atoms with E-state index in [9.17, 15) is 4.79 Å². The van der Waals surface area contributed by atoms with Crippen molar-refractivity contribution in [3.8, 4) is 5.75 Å². The Labute approximate surface area is 119 Å². The van der Waals surface area contributed by atoms with E-state index >= 15 is 0 Å². The Hall–Kier alpha value is -1.93. The van der Waals surface area contributed by atoms with Crippen molar-refractivity contribution in [1.82, 2.24) is 0 Å². The molecule has 0 spiro atoms. The minimum absolute atomic E-state index is 0.255. The molecule has 1 saturated carbocycles. The third kappa shape index (κ3) is 3.34. The Balaban J connectivity index is 2.40. The van der Waals surface area contributed by atoms with Crippen LogP contribution in [0.5, 0.6) is 5.75 Å². The minimum atomic E-state index is -0.255. The highest BCUT2D eigenvalue weighted by atomic mass is 16.5. The molecule has 0 N–H and O–H groups in total. The first-order valence-electron chi connectivity index (χ1n) is 7.16. The normalized spacial score (nSPS) is 16.1. The number of rotatable bonds is 4. The second-order valence-corrected chi connectivity index (χ2v) is 5.25. The first-order valence-corrected chi connectivity index (χ1v) is 7.16. The molecule has 0 radical (unpaired) electrons. The van der Waals surface area contributed by atoms with Crippen LogP contribution in [0.3, 0.4) is 0 Å². The molecule has 1 aromatic rings. The van der Waals surface area contributed by atoms with Crippen molar-refractivity contribution in [3.63, 3.8) is 0 Å². The Bertz CT molecular complexity index is 525. The van der Waals surface area contributed by atoms with Crippen molar-refractivity contribution in [2.75, 3.05) is 7.11 Å². The fourth-order valence-corrected chi connectivity index (χ4v) is 2.94. The number of carbonyl (C=O) groups excluding carboxylic acids is 1. The molecule has 2 rings (SSSR count). The second kappa shape index (κ2) is 7.01. The Morgan fingerprint density at radius 3 is 2.60 bits per heavy atom.